The van der Waals surface area contributed by atoms with E-state index in [1.165, 1.54) is 11.8 Å². The van der Waals surface area contributed by atoms with E-state index in [0.717, 1.165) is 0 Å². The quantitative estimate of drug-likeness (QED) is 0.0854. The number of aliphatic hydroxyl groups excluding tert-OH is 1. The molecule has 0 saturated carbocycles. The molecule has 0 aromatic carbocycles. The number of hydrogen-bond donors (Lipinski definition) is 7. The van der Waals surface area contributed by atoms with Crippen LogP contribution in [0.15, 0.2) is 4.99 Å². The zero-order valence-corrected chi connectivity index (χ0v) is 20.1. The molecule has 13 nitrogen and oxygen atoms in total. The van der Waals surface area contributed by atoms with E-state index >= 15 is 0 Å². The minimum absolute atomic E-state index is 0.0428. The summed E-state index contributed by atoms with van der Waals surface area (Å²) >= 11 is 0. The van der Waals surface area contributed by atoms with Crippen LogP contribution in [0.2, 0.25) is 0 Å². The van der Waals surface area contributed by atoms with Crippen molar-refractivity contribution in [3.63, 3.8) is 0 Å². The number of hydrogen-bond acceptors (Lipinski definition) is 7. The summed E-state index contributed by atoms with van der Waals surface area (Å²) < 4.78 is 0. The smallest absolute Gasteiger partial charge is 0.326 e. The summed E-state index contributed by atoms with van der Waals surface area (Å²) in [5, 5.41) is 24.5. The van der Waals surface area contributed by atoms with E-state index in [1.807, 2.05) is 13.8 Å². The molecule has 1 heterocycles. The molecular formula is C21H39N7O6. The van der Waals surface area contributed by atoms with Crippen molar-refractivity contribution in [1.82, 2.24) is 15.5 Å². The van der Waals surface area contributed by atoms with Gasteiger partial charge in [-0.05, 0) is 44.9 Å². The van der Waals surface area contributed by atoms with Crippen LogP contribution < -0.4 is 27.8 Å². The number of guanidine groups is 1. The minimum atomic E-state index is -1.31. The highest BCUT2D eigenvalue weighted by Crippen LogP contribution is 2.20. The Morgan fingerprint density at radius 1 is 1.15 bits per heavy atom. The maximum Gasteiger partial charge on any atom is 0.326 e. The number of likely N-dealkylation sites (tertiary alicyclic amines) is 1. The van der Waals surface area contributed by atoms with Gasteiger partial charge in [0.15, 0.2) is 5.96 Å². The Labute approximate surface area is 199 Å². The molecule has 3 amide bonds. The highest BCUT2D eigenvalue weighted by molar-refractivity contribution is 5.94. The van der Waals surface area contributed by atoms with Crippen molar-refractivity contribution in [3.8, 4) is 0 Å². The molecule has 0 aliphatic carbocycles. The lowest BCUT2D eigenvalue weighted by Crippen LogP contribution is -2.59. The van der Waals surface area contributed by atoms with E-state index < -0.39 is 54.0 Å². The number of aliphatic carboxylic acids is 1. The Balaban J connectivity index is 2.83. The van der Waals surface area contributed by atoms with Crippen molar-refractivity contribution >= 4 is 29.7 Å². The number of aliphatic imine (C=N–C) groups is 1. The third-order valence-electron chi connectivity index (χ3n) is 5.51. The molecule has 1 saturated heterocycles. The molecule has 1 rings (SSSR count). The number of nitrogens with one attached hydrogen (secondary N) is 2. The number of carboxylic acids is 1. The maximum atomic E-state index is 13.2. The molecule has 1 aliphatic rings. The van der Waals surface area contributed by atoms with Crippen LogP contribution in [0.5, 0.6) is 0 Å². The Bertz CT molecular complexity index is 754. The van der Waals surface area contributed by atoms with Gasteiger partial charge in [-0.1, -0.05) is 13.8 Å². The van der Waals surface area contributed by atoms with Gasteiger partial charge in [-0.2, -0.15) is 0 Å². The summed E-state index contributed by atoms with van der Waals surface area (Å²) in [5.41, 5.74) is 16.4. The Morgan fingerprint density at radius 2 is 1.79 bits per heavy atom. The molecule has 1 fully saturated rings. The van der Waals surface area contributed by atoms with Crippen LogP contribution in [0.4, 0.5) is 0 Å². The molecule has 13 heteroatoms. The van der Waals surface area contributed by atoms with Gasteiger partial charge in [0.1, 0.15) is 18.1 Å². The molecule has 0 radical (unpaired) electrons. The Morgan fingerprint density at radius 3 is 2.32 bits per heavy atom. The number of nitrogens with zero attached hydrogens (tertiary/aromatic N) is 2. The lowest BCUT2D eigenvalue weighted by molar-refractivity contribution is -0.146. The predicted molar refractivity (Wildman–Crippen MR) is 125 cm³/mol. The van der Waals surface area contributed by atoms with Crippen molar-refractivity contribution < 1.29 is 29.4 Å². The molecular weight excluding hydrogens is 446 g/mol. The van der Waals surface area contributed by atoms with Gasteiger partial charge in [-0.25, -0.2) is 4.79 Å². The first-order valence-corrected chi connectivity index (χ1v) is 11.5. The van der Waals surface area contributed by atoms with Crippen LogP contribution in [0, 0.1) is 5.92 Å². The van der Waals surface area contributed by atoms with Gasteiger partial charge in [-0.15, -0.1) is 0 Å². The summed E-state index contributed by atoms with van der Waals surface area (Å²) in [7, 11) is 0. The van der Waals surface area contributed by atoms with Crippen LogP contribution in [0.1, 0.15) is 52.9 Å². The second-order valence-electron chi connectivity index (χ2n) is 9.00. The molecule has 5 unspecified atom stereocenters. The van der Waals surface area contributed by atoms with Crippen LogP contribution in [-0.4, -0.2) is 88.1 Å². The summed E-state index contributed by atoms with van der Waals surface area (Å²) in [5.74, 6) is -3.02. The number of carbonyl (C=O) groups excluding carboxylic acids is 3. The third kappa shape index (κ3) is 9.14. The lowest BCUT2D eigenvalue weighted by atomic mass is 10.0. The van der Waals surface area contributed by atoms with Crippen LogP contribution in [-0.2, 0) is 19.2 Å². The first-order chi connectivity index (χ1) is 15.8. The molecule has 1 aliphatic heterocycles. The zero-order chi connectivity index (χ0) is 26.0. The largest absolute Gasteiger partial charge is 0.480 e. The second-order valence-corrected chi connectivity index (χ2v) is 9.00. The topological polar surface area (TPSA) is 226 Å². The van der Waals surface area contributed by atoms with Gasteiger partial charge in [0.2, 0.25) is 17.7 Å². The van der Waals surface area contributed by atoms with Crippen molar-refractivity contribution in [1.29, 1.82) is 0 Å². The van der Waals surface area contributed by atoms with Gasteiger partial charge < -0.3 is 42.9 Å². The van der Waals surface area contributed by atoms with E-state index in [-0.39, 0.29) is 31.3 Å². The molecule has 34 heavy (non-hydrogen) atoms. The molecule has 194 valence electrons. The maximum absolute atomic E-state index is 13.2. The normalized spacial score (nSPS) is 19.1. The first kappa shape index (κ1) is 29.1. The minimum Gasteiger partial charge on any atom is -0.480 e. The van der Waals surface area contributed by atoms with E-state index in [9.17, 15) is 29.4 Å². The van der Waals surface area contributed by atoms with Crippen molar-refractivity contribution in [3.05, 3.63) is 0 Å². The Hall–Kier alpha value is -2.93. The molecule has 0 aromatic rings. The van der Waals surface area contributed by atoms with E-state index in [2.05, 4.69) is 15.6 Å². The zero-order valence-electron chi connectivity index (χ0n) is 20.1. The van der Waals surface area contributed by atoms with Gasteiger partial charge in [0, 0.05) is 13.1 Å². The van der Waals surface area contributed by atoms with E-state index in [4.69, 9.17) is 17.2 Å². The summed E-state index contributed by atoms with van der Waals surface area (Å²) in [4.78, 5) is 55.0. The highest BCUT2D eigenvalue weighted by Gasteiger charge is 2.40. The number of nitrogens with two attached hydrogens (primary N) is 3. The fourth-order valence-corrected chi connectivity index (χ4v) is 3.74. The predicted octanol–water partition coefficient (Wildman–Crippen LogP) is -2.16. The molecule has 0 spiro atoms. The number of aliphatic hydroxyl groups is 1. The second kappa shape index (κ2) is 13.7. The van der Waals surface area contributed by atoms with E-state index in [1.54, 1.807) is 0 Å². The summed E-state index contributed by atoms with van der Waals surface area (Å²) in [6.45, 7) is 5.56. The van der Waals surface area contributed by atoms with Crippen LogP contribution >= 0.6 is 0 Å². The van der Waals surface area contributed by atoms with Crippen molar-refractivity contribution in [2.45, 2.75) is 83.1 Å². The van der Waals surface area contributed by atoms with Crippen LogP contribution in [0.25, 0.3) is 0 Å². The number of carbonyl (C=O) groups is 4. The van der Waals surface area contributed by atoms with Gasteiger partial charge in [0.25, 0.3) is 0 Å². The molecule has 10 N–H and O–H groups in total. The Kier molecular flexibility index (Phi) is 11.7. The fourth-order valence-electron chi connectivity index (χ4n) is 3.74. The van der Waals surface area contributed by atoms with Crippen LogP contribution in [0.3, 0.4) is 0 Å². The average Bonchev–Trinajstić information content (AvgIpc) is 3.23. The molecule has 0 aromatic heterocycles. The first-order valence-electron chi connectivity index (χ1n) is 11.5. The van der Waals surface area contributed by atoms with Crippen molar-refractivity contribution in [2.24, 2.45) is 28.1 Å². The summed E-state index contributed by atoms with van der Waals surface area (Å²) in [6.07, 6.45) is 0.560. The third-order valence-corrected chi connectivity index (χ3v) is 5.51. The number of rotatable bonds is 13. The van der Waals surface area contributed by atoms with Gasteiger partial charge in [0.05, 0.1) is 12.1 Å². The number of amides is 3. The lowest BCUT2D eigenvalue weighted by Gasteiger charge is -2.31. The fraction of sp³-hybridized carbons (Fsp3) is 0.762. The number of carboxylic acid groups (broad SMARTS) is 1. The molecule has 0 bridgehead atoms. The van der Waals surface area contributed by atoms with Crippen molar-refractivity contribution in [2.75, 3.05) is 13.1 Å². The standard InChI is InChI=1S/C21H39N7O6/c1-11(2)10-14(20(33)34)26-18(31)15-7-5-9-28(15)19(32)16(12(3)29)27-17(30)13(22)6-4-8-25-21(23)24/h11-16,29H,4-10,22H2,1-3H3,(H,26,31)(H,27,30)(H,33,34)(H4,23,24,25). The monoisotopic (exact) mass is 485 g/mol. The summed E-state index contributed by atoms with van der Waals surface area (Å²) in [6, 6.07) is -4.23. The van der Waals surface area contributed by atoms with Gasteiger partial charge >= 0.3 is 5.97 Å². The average molecular weight is 486 g/mol. The van der Waals surface area contributed by atoms with Gasteiger partial charge in [-0.3, -0.25) is 19.4 Å². The van der Waals surface area contributed by atoms with E-state index in [0.29, 0.717) is 25.8 Å². The highest BCUT2D eigenvalue weighted by atomic mass is 16.4. The molecule has 5 atom stereocenters. The SMILES string of the molecule is CC(C)CC(NC(=O)C1CCCN1C(=O)C(NC(=O)C(N)CCCN=C(N)N)C(C)O)C(=O)O.